The smallest absolute Gasteiger partial charge is 0.393 e. The van der Waals surface area contributed by atoms with Gasteiger partial charge in [-0.3, -0.25) is 0 Å². The molecule has 2 aromatic rings. The van der Waals surface area contributed by atoms with Crippen LogP contribution in [0.25, 0.3) is 5.57 Å². The molecule has 1 aromatic carbocycles. The molecular weight excluding hydrogens is 471 g/mol. The van der Waals surface area contributed by atoms with Gasteiger partial charge in [-0.2, -0.15) is 0 Å². The van der Waals surface area contributed by atoms with Gasteiger partial charge in [0.15, 0.2) is 5.70 Å². The summed E-state index contributed by atoms with van der Waals surface area (Å²) in [6.45, 7) is 6.43. The van der Waals surface area contributed by atoms with Gasteiger partial charge in [-0.15, -0.1) is 0 Å². The van der Waals surface area contributed by atoms with Crippen LogP contribution in [0.1, 0.15) is 62.2 Å². The second-order valence-corrected chi connectivity index (χ2v) is 9.15. The Morgan fingerprint density at radius 1 is 1.00 bits per heavy atom. The van der Waals surface area contributed by atoms with Crippen LogP contribution in [0.2, 0.25) is 0 Å². The molecule has 0 amide bonds. The summed E-state index contributed by atoms with van der Waals surface area (Å²) in [6, 6.07) is 2.35. The van der Waals surface area contributed by atoms with Crippen LogP contribution in [0.15, 0.2) is 33.4 Å². The van der Waals surface area contributed by atoms with Crippen molar-refractivity contribution >= 4 is 34.2 Å². The van der Waals surface area contributed by atoms with Crippen molar-refractivity contribution in [2.45, 2.75) is 54.4 Å². The zero-order valence-electron chi connectivity index (χ0n) is 18.4. The van der Waals surface area contributed by atoms with Crippen molar-refractivity contribution in [3.63, 3.8) is 0 Å². The molecule has 0 saturated carbocycles. The molecule has 0 unspecified atom stereocenters. The Kier molecular flexibility index (Phi) is 5.15. The number of hydrogen-bond acceptors (Lipinski definition) is 0. The minimum absolute atomic E-state index is 0.191. The number of rotatable bonds is 3. The average molecular weight is 495 g/mol. The predicted molar refractivity (Wildman–Crippen MR) is 121 cm³/mol. The van der Waals surface area contributed by atoms with Crippen LogP contribution in [-0.4, -0.2) is 21.6 Å². The SMILES string of the molecule is CCC1=C(C)C2=C(c3c(F)cc(Br)cc3F)c3c(C)c(CC)c(C)n3[B-](F)(F)[N+]2=C1C. The van der Waals surface area contributed by atoms with Crippen molar-refractivity contribution in [1.29, 1.82) is 0 Å². The third-order valence-corrected chi connectivity index (χ3v) is 7.21. The Balaban J connectivity index is 2.29. The maximum absolute atomic E-state index is 16.1. The zero-order chi connectivity index (χ0) is 23.0. The largest absolute Gasteiger partial charge is 0.737 e. The number of nitrogens with zero attached hydrogens (tertiary/aromatic N) is 2. The van der Waals surface area contributed by atoms with E-state index in [-0.39, 0.29) is 27.0 Å². The lowest BCUT2D eigenvalue weighted by Gasteiger charge is -2.34. The molecule has 0 saturated heterocycles. The molecule has 0 fully saturated rings. The Labute approximate surface area is 188 Å². The number of hydrogen-bond donors (Lipinski definition) is 0. The van der Waals surface area contributed by atoms with Gasteiger partial charge < -0.3 is 17.6 Å². The molecule has 8 heteroatoms. The van der Waals surface area contributed by atoms with Gasteiger partial charge in [-0.1, -0.05) is 29.8 Å². The Morgan fingerprint density at radius 2 is 1.58 bits per heavy atom. The first-order valence-corrected chi connectivity index (χ1v) is 11.2. The quantitative estimate of drug-likeness (QED) is 0.323. The summed E-state index contributed by atoms with van der Waals surface area (Å²) in [5, 5.41) is 0. The predicted octanol–water partition coefficient (Wildman–Crippen LogP) is 6.92. The molecule has 2 aliphatic rings. The van der Waals surface area contributed by atoms with Crippen molar-refractivity contribution in [2.75, 3.05) is 0 Å². The second-order valence-electron chi connectivity index (χ2n) is 8.23. The third-order valence-electron chi connectivity index (χ3n) is 6.75. The van der Waals surface area contributed by atoms with Gasteiger partial charge in [0.25, 0.3) is 0 Å². The minimum atomic E-state index is -4.23. The first kappa shape index (κ1) is 22.1. The van der Waals surface area contributed by atoms with Gasteiger partial charge in [0.2, 0.25) is 0 Å². The minimum Gasteiger partial charge on any atom is -0.393 e. The average Bonchev–Trinajstić information content (AvgIpc) is 3.08. The van der Waals surface area contributed by atoms with E-state index in [0.29, 0.717) is 35.4 Å². The number of benzene rings is 1. The van der Waals surface area contributed by atoms with Crippen LogP contribution in [0.3, 0.4) is 0 Å². The Morgan fingerprint density at radius 3 is 2.10 bits per heavy atom. The molecule has 1 aromatic heterocycles. The van der Waals surface area contributed by atoms with E-state index in [1.54, 1.807) is 27.7 Å². The summed E-state index contributed by atoms with van der Waals surface area (Å²) in [4.78, 5) is 0. The Bertz CT molecular complexity index is 1230. The normalized spacial score (nSPS) is 17.6. The molecule has 2 nitrogen and oxygen atoms in total. The zero-order valence-corrected chi connectivity index (χ0v) is 20.0. The molecule has 0 atom stereocenters. The number of fused-ring (bicyclic) bond motifs is 2. The highest BCUT2D eigenvalue weighted by molar-refractivity contribution is 9.10. The Hall–Kier alpha value is -2.09. The molecule has 4 rings (SSSR count). The van der Waals surface area contributed by atoms with Gasteiger partial charge in [0.05, 0.1) is 11.1 Å². The van der Waals surface area contributed by atoms with Crippen LogP contribution < -0.4 is 0 Å². The first-order valence-electron chi connectivity index (χ1n) is 10.4. The van der Waals surface area contributed by atoms with Gasteiger partial charge in [0, 0.05) is 28.2 Å². The van der Waals surface area contributed by atoms with E-state index in [0.717, 1.165) is 20.1 Å². The van der Waals surface area contributed by atoms with Crippen molar-refractivity contribution in [2.24, 2.45) is 0 Å². The van der Waals surface area contributed by atoms with Crippen molar-refractivity contribution in [3.05, 3.63) is 73.2 Å². The van der Waals surface area contributed by atoms with E-state index in [1.807, 2.05) is 13.8 Å². The molecule has 0 bridgehead atoms. The molecule has 31 heavy (non-hydrogen) atoms. The molecule has 0 radical (unpaired) electrons. The summed E-state index contributed by atoms with van der Waals surface area (Å²) < 4.78 is 65.0. The number of allylic oxidation sites excluding steroid dienone is 2. The van der Waals surface area contributed by atoms with E-state index >= 15 is 17.4 Å². The molecular formula is C23H24BBrF4N2. The van der Waals surface area contributed by atoms with E-state index in [2.05, 4.69) is 15.9 Å². The van der Waals surface area contributed by atoms with Gasteiger partial charge >= 0.3 is 6.97 Å². The van der Waals surface area contributed by atoms with Gasteiger partial charge in [-0.25, -0.2) is 8.78 Å². The van der Waals surface area contributed by atoms with Crippen LogP contribution >= 0.6 is 15.9 Å². The van der Waals surface area contributed by atoms with E-state index in [9.17, 15) is 0 Å². The van der Waals surface area contributed by atoms with Crippen LogP contribution in [0, 0.1) is 25.5 Å². The fourth-order valence-corrected chi connectivity index (χ4v) is 5.90. The molecule has 3 heterocycles. The third kappa shape index (κ3) is 2.79. The lowest BCUT2D eigenvalue weighted by atomic mass is 9.83. The van der Waals surface area contributed by atoms with Crippen LogP contribution in [-0.2, 0) is 6.42 Å². The molecule has 0 N–H and O–H groups in total. The highest BCUT2D eigenvalue weighted by Gasteiger charge is 2.57. The molecule has 0 spiro atoms. The maximum Gasteiger partial charge on any atom is 0.737 e. The molecule has 0 aliphatic carbocycles. The van der Waals surface area contributed by atoms with Gasteiger partial charge in [-0.05, 0) is 62.6 Å². The van der Waals surface area contributed by atoms with Gasteiger partial charge in [0.1, 0.15) is 17.3 Å². The standard InChI is InChI=1S/C23H24BBrF4N2/c1-7-16-11(3)22-21(20-18(26)9-15(25)10-19(20)27)23-12(4)17(8-2)14(6)31(23)24(28,29)30(22)13(16)5/h9-10H,7-8H2,1-6H3. The van der Waals surface area contributed by atoms with Crippen molar-refractivity contribution in [3.8, 4) is 0 Å². The highest BCUT2D eigenvalue weighted by atomic mass is 79.9. The summed E-state index contributed by atoms with van der Waals surface area (Å²) >= 11 is 3.12. The second kappa shape index (κ2) is 7.22. The lowest BCUT2D eigenvalue weighted by Crippen LogP contribution is -2.51. The summed E-state index contributed by atoms with van der Waals surface area (Å²) in [7, 11) is 0. The van der Waals surface area contributed by atoms with E-state index in [4.69, 9.17) is 0 Å². The van der Waals surface area contributed by atoms with Crippen molar-refractivity contribution in [1.82, 2.24) is 4.48 Å². The van der Waals surface area contributed by atoms with Crippen molar-refractivity contribution < 1.29 is 21.9 Å². The summed E-state index contributed by atoms with van der Waals surface area (Å²) in [5.74, 6) is -1.57. The number of halogens is 5. The van der Waals surface area contributed by atoms with E-state index in [1.165, 1.54) is 12.1 Å². The number of aromatic nitrogens is 1. The van der Waals surface area contributed by atoms with E-state index < -0.39 is 18.6 Å². The first-order chi connectivity index (χ1) is 14.5. The monoisotopic (exact) mass is 494 g/mol. The summed E-state index contributed by atoms with van der Waals surface area (Å²) in [5.41, 5.74) is 4.04. The fourth-order valence-electron chi connectivity index (χ4n) is 5.50. The van der Waals surface area contributed by atoms with Crippen LogP contribution in [0.5, 0.6) is 0 Å². The van der Waals surface area contributed by atoms with Crippen LogP contribution in [0.4, 0.5) is 17.4 Å². The lowest BCUT2D eigenvalue weighted by molar-refractivity contribution is -0.363. The fraction of sp³-hybridized carbons (Fsp3) is 0.348. The molecule has 2 aliphatic heterocycles. The summed E-state index contributed by atoms with van der Waals surface area (Å²) in [6.07, 6.45) is 1.10. The molecule has 164 valence electrons. The highest BCUT2D eigenvalue weighted by Crippen LogP contribution is 2.48. The topological polar surface area (TPSA) is 7.94 Å². The maximum atomic E-state index is 16.1.